The SMILES string of the molecule is COc1c(C)cc(Br)c(C2(CN)CC2)c1C. The molecule has 0 aliphatic heterocycles. The molecule has 0 bridgehead atoms. The zero-order chi connectivity index (χ0) is 11.9. The van der Waals surface area contributed by atoms with Crippen LogP contribution < -0.4 is 10.5 Å². The summed E-state index contributed by atoms with van der Waals surface area (Å²) in [7, 11) is 1.73. The Hall–Kier alpha value is -0.540. The predicted molar refractivity (Wildman–Crippen MR) is 70.1 cm³/mol. The molecule has 0 atom stereocenters. The first-order chi connectivity index (χ1) is 7.55. The van der Waals surface area contributed by atoms with E-state index in [1.165, 1.54) is 34.0 Å². The van der Waals surface area contributed by atoms with Crippen molar-refractivity contribution in [2.45, 2.75) is 32.1 Å². The van der Waals surface area contributed by atoms with Crippen LogP contribution in [0.4, 0.5) is 0 Å². The highest BCUT2D eigenvalue weighted by atomic mass is 79.9. The van der Waals surface area contributed by atoms with Crippen molar-refractivity contribution in [1.29, 1.82) is 0 Å². The number of methoxy groups -OCH3 is 1. The molecular weight excluding hydrogens is 266 g/mol. The molecule has 0 radical (unpaired) electrons. The van der Waals surface area contributed by atoms with Crippen molar-refractivity contribution in [3.63, 3.8) is 0 Å². The molecule has 1 aliphatic rings. The van der Waals surface area contributed by atoms with Gasteiger partial charge in [-0.25, -0.2) is 0 Å². The third-order valence-corrected chi connectivity index (χ3v) is 4.26. The topological polar surface area (TPSA) is 35.2 Å². The maximum Gasteiger partial charge on any atom is 0.125 e. The first-order valence-corrected chi connectivity index (χ1v) is 6.39. The van der Waals surface area contributed by atoms with Crippen LogP contribution in [-0.2, 0) is 5.41 Å². The van der Waals surface area contributed by atoms with Gasteiger partial charge in [0, 0.05) is 16.4 Å². The highest BCUT2D eigenvalue weighted by molar-refractivity contribution is 9.10. The van der Waals surface area contributed by atoms with Gasteiger partial charge in [-0.1, -0.05) is 15.9 Å². The van der Waals surface area contributed by atoms with Gasteiger partial charge in [0.25, 0.3) is 0 Å². The summed E-state index contributed by atoms with van der Waals surface area (Å²) in [5, 5.41) is 0. The van der Waals surface area contributed by atoms with Crippen molar-refractivity contribution in [2.24, 2.45) is 5.73 Å². The second kappa shape index (κ2) is 4.04. The first kappa shape index (κ1) is 11.9. The van der Waals surface area contributed by atoms with Gasteiger partial charge in [-0.3, -0.25) is 0 Å². The molecule has 0 saturated heterocycles. The second-order valence-corrected chi connectivity index (χ2v) is 5.55. The average Bonchev–Trinajstić information content (AvgIpc) is 2.98. The van der Waals surface area contributed by atoms with Gasteiger partial charge < -0.3 is 10.5 Å². The van der Waals surface area contributed by atoms with Gasteiger partial charge in [0.1, 0.15) is 5.75 Å². The summed E-state index contributed by atoms with van der Waals surface area (Å²) in [6, 6.07) is 2.14. The second-order valence-electron chi connectivity index (χ2n) is 4.69. The standard InChI is InChI=1S/C13H18BrNO/c1-8-6-10(14)11(9(2)12(8)16-3)13(7-15)4-5-13/h6H,4-5,7,15H2,1-3H3. The van der Waals surface area contributed by atoms with E-state index in [1.54, 1.807) is 7.11 Å². The van der Waals surface area contributed by atoms with Gasteiger partial charge in [0.15, 0.2) is 0 Å². The molecule has 2 rings (SSSR count). The monoisotopic (exact) mass is 283 g/mol. The van der Waals surface area contributed by atoms with Crippen molar-refractivity contribution in [3.05, 3.63) is 27.2 Å². The van der Waals surface area contributed by atoms with Crippen LogP contribution in [0, 0.1) is 13.8 Å². The largest absolute Gasteiger partial charge is 0.496 e. The number of benzene rings is 1. The van der Waals surface area contributed by atoms with Crippen molar-refractivity contribution in [2.75, 3.05) is 13.7 Å². The van der Waals surface area contributed by atoms with Crippen LogP contribution in [0.25, 0.3) is 0 Å². The van der Waals surface area contributed by atoms with E-state index in [2.05, 4.69) is 35.8 Å². The molecule has 1 fully saturated rings. The highest BCUT2D eigenvalue weighted by Crippen LogP contribution is 2.52. The van der Waals surface area contributed by atoms with Crippen LogP contribution in [0.5, 0.6) is 5.75 Å². The molecule has 0 unspecified atom stereocenters. The summed E-state index contributed by atoms with van der Waals surface area (Å²) in [6.45, 7) is 4.92. The van der Waals surface area contributed by atoms with Gasteiger partial charge in [-0.05, 0) is 49.4 Å². The number of hydrogen-bond donors (Lipinski definition) is 1. The molecule has 2 nitrogen and oxygen atoms in total. The van der Waals surface area contributed by atoms with Crippen LogP contribution in [0.1, 0.15) is 29.5 Å². The molecule has 3 heteroatoms. The Kier molecular flexibility index (Phi) is 3.01. The van der Waals surface area contributed by atoms with E-state index in [0.29, 0.717) is 0 Å². The molecule has 0 amide bonds. The van der Waals surface area contributed by atoms with Crippen molar-refractivity contribution in [1.82, 2.24) is 0 Å². The van der Waals surface area contributed by atoms with Gasteiger partial charge in [-0.15, -0.1) is 0 Å². The predicted octanol–water partition coefficient (Wildman–Crippen LogP) is 3.06. The Morgan fingerprint density at radius 1 is 1.44 bits per heavy atom. The lowest BCUT2D eigenvalue weighted by molar-refractivity contribution is 0.407. The minimum Gasteiger partial charge on any atom is -0.496 e. The lowest BCUT2D eigenvalue weighted by Gasteiger charge is -2.21. The summed E-state index contributed by atoms with van der Waals surface area (Å²) in [5.74, 6) is 0.998. The summed E-state index contributed by atoms with van der Waals surface area (Å²) < 4.78 is 6.65. The molecular formula is C13H18BrNO. The molecule has 0 spiro atoms. The third kappa shape index (κ3) is 1.66. The smallest absolute Gasteiger partial charge is 0.125 e. The molecule has 1 aliphatic carbocycles. The Morgan fingerprint density at radius 2 is 2.06 bits per heavy atom. The summed E-state index contributed by atoms with van der Waals surface area (Å²) in [6.07, 6.45) is 2.38. The molecule has 88 valence electrons. The lowest BCUT2D eigenvalue weighted by atomic mass is 9.90. The summed E-state index contributed by atoms with van der Waals surface area (Å²) >= 11 is 3.67. The molecule has 1 saturated carbocycles. The fourth-order valence-corrected chi connectivity index (χ4v) is 3.65. The minimum absolute atomic E-state index is 0.198. The van der Waals surface area contributed by atoms with Crippen molar-refractivity contribution >= 4 is 15.9 Å². The Labute approximate surface area is 105 Å². The van der Waals surface area contributed by atoms with E-state index in [9.17, 15) is 0 Å². The lowest BCUT2D eigenvalue weighted by Crippen LogP contribution is -2.21. The molecule has 0 heterocycles. The highest BCUT2D eigenvalue weighted by Gasteiger charge is 2.45. The number of halogens is 1. The number of rotatable bonds is 3. The third-order valence-electron chi connectivity index (χ3n) is 3.63. The van der Waals surface area contributed by atoms with E-state index < -0.39 is 0 Å². The molecule has 16 heavy (non-hydrogen) atoms. The number of nitrogens with two attached hydrogens (primary N) is 1. The Bertz CT molecular complexity index is 424. The van der Waals surface area contributed by atoms with Gasteiger partial charge in [-0.2, -0.15) is 0 Å². The van der Waals surface area contributed by atoms with E-state index in [0.717, 1.165) is 12.3 Å². The fourth-order valence-electron chi connectivity index (χ4n) is 2.59. The van der Waals surface area contributed by atoms with E-state index >= 15 is 0 Å². The summed E-state index contributed by atoms with van der Waals surface area (Å²) in [5.41, 5.74) is 9.85. The quantitative estimate of drug-likeness (QED) is 0.925. The normalized spacial score (nSPS) is 17.3. The summed E-state index contributed by atoms with van der Waals surface area (Å²) in [4.78, 5) is 0. The van der Waals surface area contributed by atoms with E-state index in [-0.39, 0.29) is 5.41 Å². The van der Waals surface area contributed by atoms with Crippen LogP contribution in [0.2, 0.25) is 0 Å². The fraction of sp³-hybridized carbons (Fsp3) is 0.538. The maximum absolute atomic E-state index is 5.91. The average molecular weight is 284 g/mol. The maximum atomic E-state index is 5.91. The Morgan fingerprint density at radius 3 is 2.50 bits per heavy atom. The van der Waals surface area contributed by atoms with Crippen LogP contribution in [0.15, 0.2) is 10.5 Å². The first-order valence-electron chi connectivity index (χ1n) is 5.60. The number of ether oxygens (including phenoxy) is 1. The molecule has 1 aromatic carbocycles. The molecule has 0 aromatic heterocycles. The van der Waals surface area contributed by atoms with Gasteiger partial charge in [0.05, 0.1) is 7.11 Å². The zero-order valence-electron chi connectivity index (χ0n) is 10.1. The van der Waals surface area contributed by atoms with Crippen LogP contribution >= 0.6 is 15.9 Å². The zero-order valence-corrected chi connectivity index (χ0v) is 11.6. The number of hydrogen-bond acceptors (Lipinski definition) is 2. The van der Waals surface area contributed by atoms with Crippen LogP contribution in [-0.4, -0.2) is 13.7 Å². The van der Waals surface area contributed by atoms with Gasteiger partial charge in [0.2, 0.25) is 0 Å². The molecule has 1 aromatic rings. The number of aryl methyl sites for hydroxylation is 1. The molecule has 2 N–H and O–H groups in total. The van der Waals surface area contributed by atoms with Gasteiger partial charge >= 0.3 is 0 Å². The van der Waals surface area contributed by atoms with Crippen LogP contribution in [0.3, 0.4) is 0 Å². The van der Waals surface area contributed by atoms with E-state index in [1.807, 2.05) is 0 Å². The van der Waals surface area contributed by atoms with Crippen molar-refractivity contribution in [3.8, 4) is 5.75 Å². The Balaban J connectivity index is 2.61. The van der Waals surface area contributed by atoms with E-state index in [4.69, 9.17) is 10.5 Å². The van der Waals surface area contributed by atoms with Crippen molar-refractivity contribution < 1.29 is 4.74 Å². The minimum atomic E-state index is 0.198.